The van der Waals surface area contributed by atoms with Gasteiger partial charge < -0.3 is 15.5 Å². The zero-order chi connectivity index (χ0) is 19.1. The second-order valence-corrected chi connectivity index (χ2v) is 7.96. The molecule has 0 aliphatic carbocycles. The highest BCUT2D eigenvalue weighted by Crippen LogP contribution is 2.38. The average Bonchev–Trinajstić information content (AvgIpc) is 3.40. The molecule has 0 aliphatic heterocycles. The Bertz CT molecular complexity index is 1270. The molecular weight excluding hydrogens is 438 g/mol. The standard InChI is InChI=1S/C20H14BrN5OS/c21-12-6-7-15-11(8-12)9-16(27-15)14-10-28-20(24-14)17-18(22)25-26-19(17)23-13-4-2-1-3-5-13/h1-10H,(H4,22,23,25,26). The smallest absolute Gasteiger partial charge is 0.164 e. The highest BCUT2D eigenvalue weighted by atomic mass is 79.9. The minimum atomic E-state index is 0.466. The third kappa shape index (κ3) is 3.06. The average molecular weight is 452 g/mol. The molecule has 0 atom stereocenters. The molecule has 2 aromatic carbocycles. The molecule has 8 heteroatoms. The first-order valence-electron chi connectivity index (χ1n) is 8.48. The molecule has 28 heavy (non-hydrogen) atoms. The van der Waals surface area contributed by atoms with Crippen LogP contribution in [0.5, 0.6) is 0 Å². The van der Waals surface area contributed by atoms with Crippen molar-refractivity contribution in [1.29, 1.82) is 0 Å². The number of nitrogen functional groups attached to an aromatic ring is 1. The number of H-pyrrole nitrogens is 1. The van der Waals surface area contributed by atoms with Gasteiger partial charge in [0, 0.05) is 20.9 Å². The quantitative estimate of drug-likeness (QED) is 0.309. The largest absolute Gasteiger partial charge is 0.454 e. The van der Waals surface area contributed by atoms with Crippen LogP contribution in [0.25, 0.3) is 33.0 Å². The van der Waals surface area contributed by atoms with E-state index in [0.717, 1.165) is 43.2 Å². The van der Waals surface area contributed by atoms with Crippen LogP contribution in [0.2, 0.25) is 0 Å². The van der Waals surface area contributed by atoms with Crippen molar-refractivity contribution in [2.75, 3.05) is 11.1 Å². The number of anilines is 3. The molecule has 0 unspecified atom stereocenters. The Morgan fingerprint density at radius 2 is 1.96 bits per heavy atom. The molecular formula is C20H14BrN5OS. The Labute approximate surface area is 172 Å². The maximum absolute atomic E-state index is 6.13. The van der Waals surface area contributed by atoms with Gasteiger partial charge in [-0.15, -0.1) is 11.3 Å². The van der Waals surface area contributed by atoms with Gasteiger partial charge in [-0.3, -0.25) is 5.10 Å². The normalized spacial score (nSPS) is 11.2. The van der Waals surface area contributed by atoms with Crippen molar-refractivity contribution in [1.82, 2.24) is 15.2 Å². The number of rotatable bonds is 4. The number of thiazole rings is 1. The van der Waals surface area contributed by atoms with Gasteiger partial charge in [0.05, 0.1) is 5.56 Å². The molecule has 5 rings (SSSR count). The molecule has 0 saturated heterocycles. The second kappa shape index (κ2) is 6.81. The SMILES string of the molecule is Nc1[nH]nc(Nc2ccccc2)c1-c1nc(-c2cc3cc(Br)ccc3o2)cs1. The van der Waals surface area contributed by atoms with Crippen LogP contribution in [0.4, 0.5) is 17.3 Å². The molecule has 0 bridgehead atoms. The van der Waals surface area contributed by atoms with Crippen LogP contribution in [-0.4, -0.2) is 15.2 Å². The fraction of sp³-hybridized carbons (Fsp3) is 0. The maximum Gasteiger partial charge on any atom is 0.164 e. The highest BCUT2D eigenvalue weighted by molar-refractivity contribution is 9.10. The number of para-hydroxylation sites is 1. The number of aromatic nitrogens is 3. The Morgan fingerprint density at radius 3 is 2.82 bits per heavy atom. The number of hydrogen-bond donors (Lipinski definition) is 3. The first-order valence-corrected chi connectivity index (χ1v) is 10.2. The van der Waals surface area contributed by atoms with Crippen molar-refractivity contribution in [2.24, 2.45) is 0 Å². The van der Waals surface area contributed by atoms with Crippen LogP contribution in [0.3, 0.4) is 0 Å². The molecule has 4 N–H and O–H groups in total. The van der Waals surface area contributed by atoms with Crippen LogP contribution in [0.1, 0.15) is 0 Å². The van der Waals surface area contributed by atoms with Crippen molar-refractivity contribution in [3.63, 3.8) is 0 Å². The van der Waals surface area contributed by atoms with Crippen molar-refractivity contribution >= 4 is 55.6 Å². The second-order valence-electron chi connectivity index (χ2n) is 6.18. The lowest BCUT2D eigenvalue weighted by molar-refractivity contribution is 0.629. The number of fused-ring (bicyclic) bond motifs is 1. The Kier molecular flexibility index (Phi) is 4.14. The van der Waals surface area contributed by atoms with Crippen LogP contribution >= 0.6 is 27.3 Å². The first kappa shape index (κ1) is 17.0. The van der Waals surface area contributed by atoms with Crippen molar-refractivity contribution < 1.29 is 4.42 Å². The van der Waals surface area contributed by atoms with E-state index in [1.165, 1.54) is 11.3 Å². The zero-order valence-electron chi connectivity index (χ0n) is 14.4. The molecule has 0 saturated carbocycles. The van der Waals surface area contributed by atoms with Crippen LogP contribution < -0.4 is 11.1 Å². The lowest BCUT2D eigenvalue weighted by Crippen LogP contribution is -1.93. The number of hydrogen-bond acceptors (Lipinski definition) is 6. The molecule has 0 amide bonds. The highest BCUT2D eigenvalue weighted by Gasteiger charge is 2.19. The Balaban J connectivity index is 1.51. The summed E-state index contributed by atoms with van der Waals surface area (Å²) in [5.74, 6) is 1.82. The summed E-state index contributed by atoms with van der Waals surface area (Å²) in [5.41, 5.74) is 9.39. The summed E-state index contributed by atoms with van der Waals surface area (Å²) in [4.78, 5) is 4.74. The molecule has 0 fully saturated rings. The number of nitrogens with one attached hydrogen (secondary N) is 2. The lowest BCUT2D eigenvalue weighted by atomic mass is 10.2. The Hall–Kier alpha value is -3.10. The third-order valence-corrected chi connectivity index (χ3v) is 5.63. The summed E-state index contributed by atoms with van der Waals surface area (Å²) < 4.78 is 6.96. The van der Waals surface area contributed by atoms with Crippen molar-refractivity contribution in [2.45, 2.75) is 0 Å². The van der Waals surface area contributed by atoms with Gasteiger partial charge in [0.1, 0.15) is 22.1 Å². The van der Waals surface area contributed by atoms with Crippen LogP contribution in [-0.2, 0) is 0 Å². The minimum Gasteiger partial charge on any atom is -0.454 e. The molecule has 6 nitrogen and oxygen atoms in total. The van der Waals surface area contributed by atoms with E-state index >= 15 is 0 Å². The predicted molar refractivity (Wildman–Crippen MR) is 117 cm³/mol. The molecule has 0 spiro atoms. The number of halogens is 1. The first-order chi connectivity index (χ1) is 13.7. The van der Waals surface area contributed by atoms with Gasteiger partial charge in [0.2, 0.25) is 0 Å². The number of benzene rings is 2. The van der Waals surface area contributed by atoms with E-state index < -0.39 is 0 Å². The predicted octanol–water partition coefficient (Wildman–Crippen LogP) is 6.03. The van der Waals surface area contributed by atoms with Crippen molar-refractivity contribution in [3.05, 3.63) is 64.5 Å². The van der Waals surface area contributed by atoms with Gasteiger partial charge in [-0.25, -0.2) is 4.98 Å². The summed E-state index contributed by atoms with van der Waals surface area (Å²) >= 11 is 4.98. The van der Waals surface area contributed by atoms with Gasteiger partial charge in [0.25, 0.3) is 0 Å². The van der Waals surface area contributed by atoms with Gasteiger partial charge in [0.15, 0.2) is 11.6 Å². The van der Waals surface area contributed by atoms with E-state index in [2.05, 4.69) is 31.4 Å². The molecule has 0 radical (unpaired) electrons. The molecule has 5 aromatic rings. The number of aromatic amines is 1. The molecule has 0 aliphatic rings. The van der Waals surface area contributed by atoms with E-state index in [9.17, 15) is 0 Å². The van der Waals surface area contributed by atoms with E-state index in [4.69, 9.17) is 15.1 Å². The number of nitrogens with zero attached hydrogens (tertiary/aromatic N) is 2. The molecule has 138 valence electrons. The van der Waals surface area contributed by atoms with E-state index in [1.54, 1.807) is 0 Å². The Morgan fingerprint density at radius 1 is 1.11 bits per heavy atom. The van der Waals surface area contributed by atoms with Gasteiger partial charge >= 0.3 is 0 Å². The summed E-state index contributed by atoms with van der Waals surface area (Å²) in [7, 11) is 0. The van der Waals surface area contributed by atoms with E-state index in [1.807, 2.05) is 60.0 Å². The molecule has 3 heterocycles. The van der Waals surface area contributed by atoms with Crippen LogP contribution in [0.15, 0.2) is 68.9 Å². The maximum atomic E-state index is 6.13. The third-order valence-electron chi connectivity index (χ3n) is 4.28. The molecule has 3 aromatic heterocycles. The van der Waals surface area contributed by atoms with E-state index in [-0.39, 0.29) is 0 Å². The van der Waals surface area contributed by atoms with Gasteiger partial charge in [-0.2, -0.15) is 5.10 Å². The lowest BCUT2D eigenvalue weighted by Gasteiger charge is -2.04. The topological polar surface area (TPSA) is 92.8 Å². The fourth-order valence-corrected chi connectivity index (χ4v) is 4.21. The zero-order valence-corrected chi connectivity index (χ0v) is 16.8. The number of furan rings is 1. The van der Waals surface area contributed by atoms with Gasteiger partial charge in [-0.05, 0) is 36.4 Å². The summed E-state index contributed by atoms with van der Waals surface area (Å²) in [6, 6.07) is 17.7. The van der Waals surface area contributed by atoms with Crippen molar-refractivity contribution in [3.8, 4) is 22.0 Å². The van der Waals surface area contributed by atoms with E-state index in [0.29, 0.717) is 11.6 Å². The monoisotopic (exact) mass is 451 g/mol. The van der Waals surface area contributed by atoms with Crippen LogP contribution in [0, 0.1) is 0 Å². The minimum absolute atomic E-state index is 0.466. The van der Waals surface area contributed by atoms with Gasteiger partial charge in [-0.1, -0.05) is 34.1 Å². The summed E-state index contributed by atoms with van der Waals surface area (Å²) in [6.45, 7) is 0. The number of nitrogens with two attached hydrogens (primary N) is 1. The fourth-order valence-electron chi connectivity index (χ4n) is 2.96. The summed E-state index contributed by atoms with van der Waals surface area (Å²) in [6.07, 6.45) is 0. The summed E-state index contributed by atoms with van der Waals surface area (Å²) in [5, 5.41) is 14.2.